The molecule has 0 unspecified atom stereocenters. The van der Waals surface area contributed by atoms with Crippen LogP contribution in [0.4, 0.5) is 5.69 Å². The molecule has 0 aromatic carbocycles. The van der Waals surface area contributed by atoms with Crippen LogP contribution in [0.1, 0.15) is 59.5 Å². The maximum atomic E-state index is 12.9. The first kappa shape index (κ1) is 14.9. The zero-order valence-corrected chi connectivity index (χ0v) is 14.4. The first-order valence-corrected chi connectivity index (χ1v) is 9.44. The molecule has 2 N–H and O–H groups in total. The number of amides is 1. The van der Waals surface area contributed by atoms with E-state index in [-0.39, 0.29) is 5.91 Å². The van der Waals surface area contributed by atoms with Crippen molar-refractivity contribution >= 4 is 33.1 Å². The van der Waals surface area contributed by atoms with Crippen LogP contribution in [0.25, 0.3) is 10.2 Å². The van der Waals surface area contributed by atoms with Crippen molar-refractivity contribution in [1.29, 1.82) is 0 Å². The fourth-order valence-corrected chi connectivity index (χ4v) is 5.03. The number of nitrogen functional groups attached to an aromatic ring is 1. The first-order chi connectivity index (χ1) is 11.1. The normalized spacial score (nSPS) is 18.3. The molecule has 0 aliphatic heterocycles. The Morgan fingerprint density at radius 1 is 1.26 bits per heavy atom. The summed E-state index contributed by atoms with van der Waals surface area (Å²) in [7, 11) is 1.93. The van der Waals surface area contributed by atoms with E-state index in [4.69, 9.17) is 10.7 Å². The van der Waals surface area contributed by atoms with Crippen molar-refractivity contribution in [2.45, 2.75) is 57.4 Å². The van der Waals surface area contributed by atoms with Gasteiger partial charge in [-0.15, -0.1) is 11.3 Å². The molecule has 4 nitrogen and oxygen atoms in total. The molecule has 4 rings (SSSR count). The minimum Gasteiger partial charge on any atom is -0.397 e. The summed E-state index contributed by atoms with van der Waals surface area (Å²) in [4.78, 5) is 21.2. The molecule has 1 saturated carbocycles. The van der Waals surface area contributed by atoms with Gasteiger partial charge in [-0.3, -0.25) is 4.79 Å². The van der Waals surface area contributed by atoms with Gasteiger partial charge < -0.3 is 10.6 Å². The summed E-state index contributed by atoms with van der Waals surface area (Å²) in [6, 6.07) is 2.52. The van der Waals surface area contributed by atoms with Crippen molar-refractivity contribution in [3.63, 3.8) is 0 Å². The molecule has 2 aromatic heterocycles. The third-order valence-corrected chi connectivity index (χ3v) is 6.49. The molecule has 0 atom stereocenters. The van der Waals surface area contributed by atoms with Gasteiger partial charge in [0.1, 0.15) is 9.71 Å². The van der Waals surface area contributed by atoms with Gasteiger partial charge in [-0.05, 0) is 43.7 Å². The molecule has 0 spiro atoms. The molecule has 0 saturated heterocycles. The molecule has 2 aromatic rings. The highest BCUT2D eigenvalue weighted by molar-refractivity contribution is 7.21. The van der Waals surface area contributed by atoms with Crippen LogP contribution in [0.2, 0.25) is 0 Å². The monoisotopic (exact) mass is 329 g/mol. The number of hydrogen-bond acceptors (Lipinski definition) is 4. The highest BCUT2D eigenvalue weighted by Gasteiger charge is 2.27. The number of hydrogen-bond donors (Lipinski definition) is 1. The Morgan fingerprint density at radius 2 is 2.04 bits per heavy atom. The van der Waals surface area contributed by atoms with Crippen molar-refractivity contribution in [3.05, 3.63) is 22.2 Å². The minimum absolute atomic E-state index is 0.0672. The van der Waals surface area contributed by atoms with Crippen molar-refractivity contribution < 1.29 is 4.79 Å². The van der Waals surface area contributed by atoms with Crippen LogP contribution in [0, 0.1) is 0 Å². The van der Waals surface area contributed by atoms with Crippen LogP contribution in [0.3, 0.4) is 0 Å². The first-order valence-electron chi connectivity index (χ1n) is 8.63. The molecule has 0 bridgehead atoms. The molecule has 2 aliphatic carbocycles. The van der Waals surface area contributed by atoms with Gasteiger partial charge in [0.15, 0.2) is 0 Å². The summed E-state index contributed by atoms with van der Waals surface area (Å²) in [5.74, 6) is 0.0672. The van der Waals surface area contributed by atoms with Crippen LogP contribution in [0.15, 0.2) is 6.07 Å². The third-order valence-electron chi connectivity index (χ3n) is 5.39. The molecular weight excluding hydrogens is 306 g/mol. The molecule has 2 aliphatic rings. The van der Waals surface area contributed by atoms with Gasteiger partial charge in [0, 0.05) is 24.2 Å². The quantitative estimate of drug-likeness (QED) is 0.912. The number of rotatable bonds is 2. The van der Waals surface area contributed by atoms with Crippen molar-refractivity contribution in [1.82, 2.24) is 9.88 Å². The summed E-state index contributed by atoms with van der Waals surface area (Å²) in [6.45, 7) is 0. The number of pyridine rings is 1. The van der Waals surface area contributed by atoms with E-state index in [0.29, 0.717) is 16.6 Å². The Balaban J connectivity index is 1.68. The van der Waals surface area contributed by atoms with Gasteiger partial charge in [0.05, 0.1) is 5.69 Å². The molecule has 122 valence electrons. The Morgan fingerprint density at radius 3 is 2.83 bits per heavy atom. The van der Waals surface area contributed by atoms with Crippen LogP contribution in [0.5, 0.6) is 0 Å². The van der Waals surface area contributed by atoms with Crippen LogP contribution >= 0.6 is 11.3 Å². The maximum absolute atomic E-state index is 12.9. The second-order valence-electron chi connectivity index (χ2n) is 6.85. The van der Waals surface area contributed by atoms with Gasteiger partial charge in [-0.25, -0.2) is 4.98 Å². The maximum Gasteiger partial charge on any atom is 0.266 e. The van der Waals surface area contributed by atoms with Crippen molar-refractivity contribution in [3.8, 4) is 0 Å². The van der Waals surface area contributed by atoms with Crippen LogP contribution in [-0.4, -0.2) is 28.9 Å². The lowest BCUT2D eigenvalue weighted by molar-refractivity contribution is 0.0702. The van der Waals surface area contributed by atoms with E-state index in [1.54, 1.807) is 0 Å². The number of aromatic nitrogens is 1. The van der Waals surface area contributed by atoms with Crippen molar-refractivity contribution in [2.24, 2.45) is 0 Å². The van der Waals surface area contributed by atoms with Crippen molar-refractivity contribution in [2.75, 3.05) is 12.8 Å². The Kier molecular flexibility index (Phi) is 3.76. The molecule has 1 fully saturated rings. The molecule has 1 amide bonds. The highest BCUT2D eigenvalue weighted by atomic mass is 32.1. The predicted molar refractivity (Wildman–Crippen MR) is 95.0 cm³/mol. The Hall–Kier alpha value is -1.62. The Bertz CT molecular complexity index is 761. The van der Waals surface area contributed by atoms with E-state index in [1.807, 2.05) is 11.9 Å². The van der Waals surface area contributed by atoms with Crippen LogP contribution in [-0.2, 0) is 12.8 Å². The van der Waals surface area contributed by atoms with E-state index < -0.39 is 0 Å². The lowest BCUT2D eigenvalue weighted by Gasteiger charge is -2.31. The fraction of sp³-hybridized carbons (Fsp3) is 0.556. The van der Waals surface area contributed by atoms with Gasteiger partial charge in [-0.2, -0.15) is 0 Å². The van der Waals surface area contributed by atoms with Gasteiger partial charge in [0.2, 0.25) is 0 Å². The van der Waals surface area contributed by atoms with E-state index >= 15 is 0 Å². The number of aryl methyl sites for hydroxylation is 2. The summed E-state index contributed by atoms with van der Waals surface area (Å²) in [5, 5.41) is 0.969. The summed E-state index contributed by atoms with van der Waals surface area (Å²) >= 11 is 1.46. The lowest BCUT2D eigenvalue weighted by atomic mass is 9.94. The topological polar surface area (TPSA) is 59.2 Å². The highest BCUT2D eigenvalue weighted by Crippen LogP contribution is 2.37. The number of nitrogens with two attached hydrogens (primary N) is 1. The average molecular weight is 329 g/mol. The van der Waals surface area contributed by atoms with Gasteiger partial charge >= 0.3 is 0 Å². The van der Waals surface area contributed by atoms with Gasteiger partial charge in [-0.1, -0.05) is 19.3 Å². The zero-order valence-electron chi connectivity index (χ0n) is 13.6. The van der Waals surface area contributed by atoms with E-state index in [1.165, 1.54) is 48.3 Å². The lowest BCUT2D eigenvalue weighted by Crippen LogP contribution is -2.38. The largest absolute Gasteiger partial charge is 0.397 e. The summed E-state index contributed by atoms with van der Waals surface area (Å²) in [6.07, 6.45) is 9.26. The summed E-state index contributed by atoms with van der Waals surface area (Å²) in [5.41, 5.74) is 9.45. The van der Waals surface area contributed by atoms with Crippen LogP contribution < -0.4 is 5.73 Å². The molecule has 0 radical (unpaired) electrons. The Labute approximate surface area is 140 Å². The average Bonchev–Trinajstić information content (AvgIpc) is 3.17. The van der Waals surface area contributed by atoms with Gasteiger partial charge in [0.25, 0.3) is 5.91 Å². The number of nitrogens with zero attached hydrogens (tertiary/aromatic N) is 2. The number of anilines is 1. The van der Waals surface area contributed by atoms with E-state index in [9.17, 15) is 4.79 Å². The third kappa shape index (κ3) is 2.51. The second-order valence-corrected chi connectivity index (χ2v) is 7.85. The molecule has 23 heavy (non-hydrogen) atoms. The van der Waals surface area contributed by atoms with E-state index in [0.717, 1.165) is 35.9 Å². The second kappa shape index (κ2) is 5.78. The zero-order chi connectivity index (χ0) is 16.0. The number of fused-ring (bicyclic) bond motifs is 2. The molecular formula is C18H23N3OS. The molecule has 5 heteroatoms. The minimum atomic E-state index is 0.0672. The number of thiophene rings is 1. The number of carbonyl (C=O) groups excluding carboxylic acids is 1. The fourth-order valence-electron chi connectivity index (χ4n) is 3.95. The van der Waals surface area contributed by atoms with E-state index in [2.05, 4.69) is 6.07 Å². The SMILES string of the molecule is CN(C(=O)c1sc2nc3c(cc2c1N)CCC3)C1CCCCC1. The molecule has 2 heterocycles. The number of carbonyl (C=O) groups is 1. The standard InChI is InChI=1S/C18H23N3OS/c1-21(12-7-3-2-4-8-12)18(22)16-15(19)13-10-11-6-5-9-14(11)20-17(13)23-16/h10,12H,2-9,19H2,1H3. The summed E-state index contributed by atoms with van der Waals surface area (Å²) < 4.78 is 0. The smallest absolute Gasteiger partial charge is 0.266 e. The predicted octanol–water partition coefficient (Wildman–Crippen LogP) is 3.77.